The molecule has 1 N–H and O–H groups in total. The van der Waals surface area contributed by atoms with Gasteiger partial charge in [0.05, 0.1) is 11.7 Å². The van der Waals surface area contributed by atoms with Gasteiger partial charge in [0.25, 0.3) is 0 Å². The van der Waals surface area contributed by atoms with Crippen molar-refractivity contribution >= 4 is 0 Å². The van der Waals surface area contributed by atoms with E-state index in [0.29, 0.717) is 0 Å². The van der Waals surface area contributed by atoms with E-state index >= 15 is 0 Å². The zero-order valence-corrected chi connectivity index (χ0v) is 13.6. The van der Waals surface area contributed by atoms with Crippen molar-refractivity contribution in [2.45, 2.75) is 45.1 Å². The Morgan fingerprint density at radius 3 is 2.24 bits per heavy atom. The predicted molar refractivity (Wildman–Crippen MR) is 88.3 cm³/mol. The molecule has 0 spiro atoms. The summed E-state index contributed by atoms with van der Waals surface area (Å²) in [6.07, 6.45) is 4.08. The molecule has 114 valence electrons. The summed E-state index contributed by atoms with van der Waals surface area (Å²) >= 11 is 0. The van der Waals surface area contributed by atoms with Crippen LogP contribution in [0.25, 0.3) is 0 Å². The van der Waals surface area contributed by atoms with E-state index in [0.717, 1.165) is 19.4 Å². The topological polar surface area (TPSA) is 29.9 Å². The van der Waals surface area contributed by atoms with Gasteiger partial charge in [0.1, 0.15) is 0 Å². The van der Waals surface area contributed by atoms with Crippen molar-refractivity contribution < 1.29 is 0 Å². The first kappa shape index (κ1) is 15.8. The standard InChI is InChI=1S/C18H27N3/c1-5-18(6-2,15-11-9-8-10-12-15)17(19-7-3)16-13-14-20-21(16)4/h8-14,17,19H,5-7H2,1-4H3. The van der Waals surface area contributed by atoms with Crippen LogP contribution >= 0.6 is 0 Å². The summed E-state index contributed by atoms with van der Waals surface area (Å²) in [6, 6.07) is 13.3. The molecule has 0 saturated carbocycles. The molecule has 1 aromatic heterocycles. The van der Waals surface area contributed by atoms with Gasteiger partial charge in [-0.2, -0.15) is 5.10 Å². The lowest BCUT2D eigenvalue weighted by Gasteiger charge is -2.41. The van der Waals surface area contributed by atoms with Crippen LogP contribution in [0.2, 0.25) is 0 Å². The van der Waals surface area contributed by atoms with Crippen LogP contribution in [0.1, 0.15) is 50.9 Å². The van der Waals surface area contributed by atoms with E-state index in [1.165, 1.54) is 11.3 Å². The molecule has 2 rings (SSSR count). The number of benzene rings is 1. The van der Waals surface area contributed by atoms with Gasteiger partial charge in [-0.15, -0.1) is 0 Å². The first-order chi connectivity index (χ1) is 10.2. The van der Waals surface area contributed by atoms with E-state index in [-0.39, 0.29) is 11.5 Å². The molecule has 0 amide bonds. The molecule has 0 aliphatic heterocycles. The number of hydrogen-bond donors (Lipinski definition) is 1. The average molecular weight is 285 g/mol. The van der Waals surface area contributed by atoms with E-state index in [1.54, 1.807) is 0 Å². The Hall–Kier alpha value is -1.61. The quantitative estimate of drug-likeness (QED) is 0.838. The van der Waals surface area contributed by atoms with Crippen molar-refractivity contribution in [1.82, 2.24) is 15.1 Å². The zero-order chi connectivity index (χ0) is 15.3. The molecule has 1 atom stereocenters. The lowest BCUT2D eigenvalue weighted by Crippen LogP contribution is -2.42. The molecule has 0 radical (unpaired) electrons. The van der Waals surface area contributed by atoms with Crippen LogP contribution in [0.4, 0.5) is 0 Å². The average Bonchev–Trinajstić information content (AvgIpc) is 2.95. The molecule has 0 aliphatic rings. The van der Waals surface area contributed by atoms with Gasteiger partial charge in [-0.25, -0.2) is 0 Å². The SMILES string of the molecule is CCNC(c1ccnn1C)C(CC)(CC)c1ccccc1. The molecule has 0 aliphatic carbocycles. The maximum Gasteiger partial charge on any atom is 0.0589 e. The van der Waals surface area contributed by atoms with E-state index in [9.17, 15) is 0 Å². The van der Waals surface area contributed by atoms with Crippen molar-refractivity contribution in [1.29, 1.82) is 0 Å². The van der Waals surface area contributed by atoms with Crippen LogP contribution in [-0.2, 0) is 12.5 Å². The molecule has 1 unspecified atom stereocenters. The molecule has 0 saturated heterocycles. The Balaban J connectivity index is 2.54. The van der Waals surface area contributed by atoms with E-state index < -0.39 is 0 Å². The second kappa shape index (κ2) is 6.90. The fourth-order valence-electron chi connectivity index (χ4n) is 3.46. The predicted octanol–water partition coefficient (Wildman–Crippen LogP) is 3.83. The maximum atomic E-state index is 4.37. The summed E-state index contributed by atoms with van der Waals surface area (Å²) in [5.74, 6) is 0. The van der Waals surface area contributed by atoms with Gasteiger partial charge in [0, 0.05) is 18.7 Å². The smallest absolute Gasteiger partial charge is 0.0589 e. The third-order valence-corrected chi connectivity index (χ3v) is 4.73. The number of rotatable bonds is 7. The summed E-state index contributed by atoms with van der Waals surface area (Å²) in [4.78, 5) is 0. The number of likely N-dealkylation sites (N-methyl/N-ethyl adjacent to an activating group) is 1. The minimum Gasteiger partial charge on any atom is -0.308 e. The molecule has 1 heterocycles. The van der Waals surface area contributed by atoms with Crippen LogP contribution in [0.3, 0.4) is 0 Å². The highest BCUT2D eigenvalue weighted by molar-refractivity contribution is 5.31. The van der Waals surface area contributed by atoms with Crippen molar-refractivity contribution in [2.75, 3.05) is 6.54 Å². The van der Waals surface area contributed by atoms with Gasteiger partial charge in [-0.1, -0.05) is 51.1 Å². The third kappa shape index (κ3) is 2.88. The molecule has 2 aromatic rings. The van der Waals surface area contributed by atoms with Gasteiger partial charge >= 0.3 is 0 Å². The van der Waals surface area contributed by atoms with Gasteiger partial charge in [-0.05, 0) is 31.0 Å². The molecule has 3 nitrogen and oxygen atoms in total. The molecule has 0 bridgehead atoms. The van der Waals surface area contributed by atoms with Gasteiger partial charge in [0.15, 0.2) is 0 Å². The summed E-state index contributed by atoms with van der Waals surface area (Å²) in [6.45, 7) is 7.70. The Bertz CT molecular complexity index is 541. The Labute approximate surface area is 128 Å². The number of aromatic nitrogens is 2. The lowest BCUT2D eigenvalue weighted by atomic mass is 9.69. The molecule has 3 heteroatoms. The Morgan fingerprint density at radius 2 is 1.76 bits per heavy atom. The minimum atomic E-state index is 0.0884. The maximum absolute atomic E-state index is 4.37. The van der Waals surface area contributed by atoms with E-state index in [4.69, 9.17) is 0 Å². The molecular weight excluding hydrogens is 258 g/mol. The van der Waals surface area contributed by atoms with E-state index in [1.807, 2.05) is 17.9 Å². The highest BCUT2D eigenvalue weighted by Crippen LogP contribution is 2.42. The summed E-state index contributed by atoms with van der Waals surface area (Å²) in [7, 11) is 2.03. The number of hydrogen-bond acceptors (Lipinski definition) is 2. The first-order valence-corrected chi connectivity index (χ1v) is 7.96. The van der Waals surface area contributed by atoms with Crippen LogP contribution in [0, 0.1) is 0 Å². The van der Waals surface area contributed by atoms with Crippen molar-refractivity contribution in [3.05, 3.63) is 53.9 Å². The minimum absolute atomic E-state index is 0.0884. The molecular formula is C18H27N3. The Kier molecular flexibility index (Phi) is 5.18. The summed E-state index contributed by atoms with van der Waals surface area (Å²) in [5.41, 5.74) is 2.75. The van der Waals surface area contributed by atoms with Crippen molar-refractivity contribution in [3.8, 4) is 0 Å². The van der Waals surface area contributed by atoms with Crippen molar-refractivity contribution in [2.24, 2.45) is 7.05 Å². The number of aryl methyl sites for hydroxylation is 1. The largest absolute Gasteiger partial charge is 0.308 e. The summed E-state index contributed by atoms with van der Waals surface area (Å²) in [5, 5.41) is 8.08. The Morgan fingerprint density at radius 1 is 1.10 bits per heavy atom. The van der Waals surface area contributed by atoms with Crippen LogP contribution in [-0.4, -0.2) is 16.3 Å². The molecule has 0 fully saturated rings. The van der Waals surface area contributed by atoms with E-state index in [2.05, 4.69) is 67.6 Å². The highest BCUT2D eigenvalue weighted by Gasteiger charge is 2.39. The summed E-state index contributed by atoms with van der Waals surface area (Å²) < 4.78 is 2.00. The molecule has 21 heavy (non-hydrogen) atoms. The number of nitrogens with one attached hydrogen (secondary N) is 1. The molecule has 1 aromatic carbocycles. The van der Waals surface area contributed by atoms with Crippen LogP contribution < -0.4 is 5.32 Å². The van der Waals surface area contributed by atoms with Crippen LogP contribution in [0.5, 0.6) is 0 Å². The first-order valence-electron chi connectivity index (χ1n) is 7.96. The fraction of sp³-hybridized carbons (Fsp3) is 0.500. The van der Waals surface area contributed by atoms with Crippen molar-refractivity contribution in [3.63, 3.8) is 0 Å². The normalized spacial score (nSPS) is 13.3. The second-order valence-electron chi connectivity index (χ2n) is 5.60. The highest BCUT2D eigenvalue weighted by atomic mass is 15.3. The van der Waals surface area contributed by atoms with Gasteiger partial charge < -0.3 is 5.32 Å². The fourth-order valence-corrected chi connectivity index (χ4v) is 3.46. The van der Waals surface area contributed by atoms with Crippen LogP contribution in [0.15, 0.2) is 42.6 Å². The lowest BCUT2D eigenvalue weighted by molar-refractivity contribution is 0.267. The zero-order valence-electron chi connectivity index (χ0n) is 13.6. The number of nitrogens with zero attached hydrogens (tertiary/aromatic N) is 2. The van der Waals surface area contributed by atoms with Gasteiger partial charge in [-0.3, -0.25) is 4.68 Å². The second-order valence-corrected chi connectivity index (χ2v) is 5.60. The van der Waals surface area contributed by atoms with Gasteiger partial charge in [0.2, 0.25) is 0 Å². The monoisotopic (exact) mass is 285 g/mol. The third-order valence-electron chi connectivity index (χ3n) is 4.73.